The molecular weight excluding hydrogens is 289 g/mol. The molecule has 1 unspecified atom stereocenters. The first-order valence-corrected chi connectivity index (χ1v) is 7.36. The van der Waals surface area contributed by atoms with Crippen LogP contribution in [0.3, 0.4) is 0 Å². The van der Waals surface area contributed by atoms with Crippen LogP contribution in [0.25, 0.3) is 0 Å². The maximum Gasteiger partial charge on any atom is 0.124 e. The lowest BCUT2D eigenvalue weighted by Crippen LogP contribution is -2.24. The highest BCUT2D eigenvalue weighted by atomic mass is 35.5. The molecule has 1 N–H and O–H groups in total. The molecule has 0 heterocycles. The number of benzene rings is 2. The third-order valence-electron chi connectivity index (χ3n) is 3.32. The van der Waals surface area contributed by atoms with Gasteiger partial charge in [-0.05, 0) is 36.7 Å². The first-order valence-electron chi connectivity index (χ1n) is 6.98. The normalized spacial score (nSPS) is 12.2. The second-order valence-electron chi connectivity index (χ2n) is 4.79. The molecule has 2 aromatic carbocycles. The summed E-state index contributed by atoms with van der Waals surface area (Å²) in [6, 6.07) is 12.1. The zero-order valence-corrected chi connectivity index (χ0v) is 13.0. The molecule has 0 radical (unpaired) electrons. The Hall–Kier alpha value is -1.58. The Morgan fingerprint density at radius 3 is 2.62 bits per heavy atom. The van der Waals surface area contributed by atoms with Crippen LogP contribution < -0.4 is 10.1 Å². The molecule has 0 aliphatic rings. The van der Waals surface area contributed by atoms with E-state index in [4.69, 9.17) is 16.3 Å². The van der Waals surface area contributed by atoms with Gasteiger partial charge in [-0.3, -0.25) is 0 Å². The molecule has 0 aliphatic carbocycles. The van der Waals surface area contributed by atoms with E-state index in [1.165, 1.54) is 12.1 Å². The van der Waals surface area contributed by atoms with Gasteiger partial charge in [0.05, 0.1) is 13.2 Å². The van der Waals surface area contributed by atoms with Gasteiger partial charge in [-0.15, -0.1) is 0 Å². The summed E-state index contributed by atoms with van der Waals surface area (Å²) in [5, 5.41) is 3.86. The van der Waals surface area contributed by atoms with Gasteiger partial charge in [0.25, 0.3) is 0 Å². The lowest BCUT2D eigenvalue weighted by Gasteiger charge is -2.22. The zero-order valence-electron chi connectivity index (χ0n) is 12.2. The van der Waals surface area contributed by atoms with Crippen LogP contribution in [0.5, 0.6) is 5.75 Å². The van der Waals surface area contributed by atoms with Crippen molar-refractivity contribution >= 4 is 11.6 Å². The van der Waals surface area contributed by atoms with Gasteiger partial charge in [-0.1, -0.05) is 42.8 Å². The molecule has 21 heavy (non-hydrogen) atoms. The van der Waals surface area contributed by atoms with Crippen molar-refractivity contribution in [2.45, 2.75) is 19.4 Å². The smallest absolute Gasteiger partial charge is 0.124 e. The highest BCUT2D eigenvalue weighted by Gasteiger charge is 2.20. The van der Waals surface area contributed by atoms with Gasteiger partial charge in [0.1, 0.15) is 11.6 Å². The van der Waals surface area contributed by atoms with E-state index < -0.39 is 0 Å². The number of nitrogens with one attached hydrogen (secondary N) is 1. The number of ether oxygens (including phenoxy) is 1. The number of para-hydroxylation sites is 1. The predicted octanol–water partition coefficient (Wildman–Crippen LogP) is 4.58. The van der Waals surface area contributed by atoms with E-state index in [0.717, 1.165) is 29.8 Å². The largest absolute Gasteiger partial charge is 0.496 e. The topological polar surface area (TPSA) is 21.3 Å². The van der Waals surface area contributed by atoms with Crippen molar-refractivity contribution in [1.82, 2.24) is 5.32 Å². The fourth-order valence-corrected chi connectivity index (χ4v) is 2.59. The summed E-state index contributed by atoms with van der Waals surface area (Å²) in [4.78, 5) is 0. The molecule has 1 atom stereocenters. The summed E-state index contributed by atoms with van der Waals surface area (Å²) in [6.07, 6.45) is 0.991. The number of hydrogen-bond donors (Lipinski definition) is 1. The molecule has 0 aromatic heterocycles. The van der Waals surface area contributed by atoms with Gasteiger partial charge < -0.3 is 10.1 Å². The van der Waals surface area contributed by atoms with Crippen molar-refractivity contribution < 1.29 is 9.13 Å². The van der Waals surface area contributed by atoms with Gasteiger partial charge in [0.15, 0.2) is 0 Å². The second kappa shape index (κ2) is 7.43. The van der Waals surface area contributed by atoms with E-state index in [0.29, 0.717) is 5.02 Å². The first-order chi connectivity index (χ1) is 10.2. The van der Waals surface area contributed by atoms with Crippen molar-refractivity contribution in [3.8, 4) is 5.75 Å². The van der Waals surface area contributed by atoms with Crippen LogP contribution in [0.1, 0.15) is 30.5 Å². The Labute approximate surface area is 129 Å². The van der Waals surface area contributed by atoms with E-state index >= 15 is 0 Å². The molecular formula is C17H19ClFNO. The molecule has 2 rings (SSSR count). The van der Waals surface area contributed by atoms with E-state index in [2.05, 4.69) is 12.2 Å². The van der Waals surface area contributed by atoms with Crippen molar-refractivity contribution in [3.05, 3.63) is 64.4 Å². The van der Waals surface area contributed by atoms with E-state index in [1.54, 1.807) is 13.2 Å². The average molecular weight is 308 g/mol. The molecule has 0 aliphatic heterocycles. The summed E-state index contributed by atoms with van der Waals surface area (Å²) in [5.74, 6) is 0.449. The zero-order chi connectivity index (χ0) is 15.2. The maximum absolute atomic E-state index is 13.3. The third-order valence-corrected chi connectivity index (χ3v) is 3.65. The van der Waals surface area contributed by atoms with Crippen LogP contribution in [0.15, 0.2) is 42.5 Å². The predicted molar refractivity (Wildman–Crippen MR) is 84.5 cm³/mol. The van der Waals surface area contributed by atoms with E-state index in [-0.39, 0.29) is 11.9 Å². The Balaban J connectivity index is 2.47. The molecule has 0 bridgehead atoms. The highest BCUT2D eigenvalue weighted by molar-refractivity contribution is 6.31. The SMILES string of the molecule is CCCNC(c1ccc(F)cc1Cl)c1ccccc1OC. The number of rotatable bonds is 6. The van der Waals surface area contributed by atoms with Crippen molar-refractivity contribution in [2.24, 2.45) is 0 Å². The van der Waals surface area contributed by atoms with Crippen LogP contribution in [-0.2, 0) is 0 Å². The van der Waals surface area contributed by atoms with Crippen LogP contribution in [0.4, 0.5) is 4.39 Å². The van der Waals surface area contributed by atoms with Crippen molar-refractivity contribution in [1.29, 1.82) is 0 Å². The summed E-state index contributed by atoms with van der Waals surface area (Å²) in [6.45, 7) is 2.93. The molecule has 112 valence electrons. The molecule has 2 nitrogen and oxygen atoms in total. The molecule has 0 fully saturated rings. The summed E-state index contributed by atoms with van der Waals surface area (Å²) < 4.78 is 18.7. The van der Waals surface area contributed by atoms with Gasteiger partial charge in [-0.25, -0.2) is 4.39 Å². The highest BCUT2D eigenvalue weighted by Crippen LogP contribution is 2.33. The minimum absolute atomic E-state index is 0.130. The van der Waals surface area contributed by atoms with Crippen LogP contribution in [0, 0.1) is 5.82 Å². The minimum Gasteiger partial charge on any atom is -0.496 e. The molecule has 2 aromatic rings. The maximum atomic E-state index is 13.3. The Kier molecular flexibility index (Phi) is 5.59. The number of halogens is 2. The van der Waals surface area contributed by atoms with Gasteiger partial charge in [0, 0.05) is 10.6 Å². The number of hydrogen-bond acceptors (Lipinski definition) is 2. The van der Waals surface area contributed by atoms with Gasteiger partial charge >= 0.3 is 0 Å². The van der Waals surface area contributed by atoms with Crippen LogP contribution in [-0.4, -0.2) is 13.7 Å². The Morgan fingerprint density at radius 1 is 1.19 bits per heavy atom. The monoisotopic (exact) mass is 307 g/mol. The third kappa shape index (κ3) is 3.74. The lowest BCUT2D eigenvalue weighted by molar-refractivity contribution is 0.404. The molecule has 4 heteroatoms. The van der Waals surface area contributed by atoms with Gasteiger partial charge in [0.2, 0.25) is 0 Å². The average Bonchev–Trinajstić information content (AvgIpc) is 2.49. The standard InChI is InChI=1S/C17H19ClFNO/c1-3-10-20-17(13-9-8-12(19)11-15(13)18)14-6-4-5-7-16(14)21-2/h4-9,11,17,20H,3,10H2,1-2H3. The van der Waals surface area contributed by atoms with Crippen molar-refractivity contribution in [3.63, 3.8) is 0 Å². The molecule has 0 saturated heterocycles. The fourth-order valence-electron chi connectivity index (χ4n) is 2.32. The summed E-state index contributed by atoms with van der Waals surface area (Å²) >= 11 is 6.23. The van der Waals surface area contributed by atoms with E-state index in [9.17, 15) is 4.39 Å². The quantitative estimate of drug-likeness (QED) is 0.843. The van der Waals surface area contributed by atoms with E-state index in [1.807, 2.05) is 24.3 Å². The Bertz CT molecular complexity index is 603. The summed E-state index contributed by atoms with van der Waals surface area (Å²) in [5.41, 5.74) is 1.83. The Morgan fingerprint density at radius 2 is 1.95 bits per heavy atom. The molecule has 0 spiro atoms. The van der Waals surface area contributed by atoms with Crippen molar-refractivity contribution in [2.75, 3.05) is 13.7 Å². The summed E-state index contributed by atoms with van der Waals surface area (Å²) in [7, 11) is 1.64. The fraction of sp³-hybridized carbons (Fsp3) is 0.294. The second-order valence-corrected chi connectivity index (χ2v) is 5.20. The first kappa shape index (κ1) is 15.8. The lowest BCUT2D eigenvalue weighted by atomic mass is 9.97. The van der Waals surface area contributed by atoms with Crippen LogP contribution in [0.2, 0.25) is 5.02 Å². The molecule has 0 saturated carbocycles. The minimum atomic E-state index is -0.335. The van der Waals surface area contributed by atoms with Crippen LogP contribution >= 0.6 is 11.6 Å². The molecule has 0 amide bonds. The number of methoxy groups -OCH3 is 1. The van der Waals surface area contributed by atoms with Gasteiger partial charge in [-0.2, -0.15) is 0 Å².